The minimum absolute atomic E-state index is 0.00804. The van der Waals surface area contributed by atoms with Gasteiger partial charge in [0.15, 0.2) is 0 Å². The Bertz CT molecular complexity index is 978. The lowest BCUT2D eigenvalue weighted by molar-refractivity contribution is -0.116. The van der Waals surface area contributed by atoms with Crippen molar-refractivity contribution in [2.45, 2.75) is 28.7 Å². The van der Waals surface area contributed by atoms with Gasteiger partial charge in [0, 0.05) is 22.3 Å². The predicted octanol–water partition coefficient (Wildman–Crippen LogP) is 4.89. The maximum absolute atomic E-state index is 13.0. The van der Waals surface area contributed by atoms with Crippen LogP contribution in [0.1, 0.15) is 13.3 Å². The number of aromatic nitrogens is 2. The fourth-order valence-corrected chi connectivity index (χ4v) is 4.68. The standard InChI is InChI=1S/C20H18FN3O2S2/c1-13-10-11-24(16-4-2-3-5-17(16)28-13)18(25)12-27-20-23-22-19(26-20)14-6-8-15(21)9-7-14/h2-9,13H,10-12H2,1H3/t13-/m0/s1. The summed E-state index contributed by atoms with van der Waals surface area (Å²) in [5.41, 5.74) is 1.60. The van der Waals surface area contributed by atoms with Crippen molar-refractivity contribution in [1.29, 1.82) is 0 Å². The Labute approximate surface area is 170 Å². The lowest BCUT2D eigenvalue weighted by Gasteiger charge is -2.22. The molecule has 0 bridgehead atoms. The smallest absolute Gasteiger partial charge is 0.277 e. The van der Waals surface area contributed by atoms with Crippen molar-refractivity contribution in [3.8, 4) is 11.5 Å². The largest absolute Gasteiger partial charge is 0.411 e. The molecule has 0 saturated heterocycles. The van der Waals surface area contributed by atoms with E-state index in [1.54, 1.807) is 23.9 Å². The van der Waals surface area contributed by atoms with E-state index in [4.69, 9.17) is 4.42 Å². The maximum atomic E-state index is 13.0. The molecule has 0 aliphatic carbocycles. The number of anilines is 1. The molecule has 0 radical (unpaired) electrons. The Morgan fingerprint density at radius 2 is 2.04 bits per heavy atom. The number of hydrogen-bond donors (Lipinski definition) is 0. The summed E-state index contributed by atoms with van der Waals surface area (Å²) in [6.07, 6.45) is 0.936. The second kappa shape index (κ2) is 8.36. The number of carbonyl (C=O) groups is 1. The van der Waals surface area contributed by atoms with Gasteiger partial charge in [-0.2, -0.15) is 0 Å². The van der Waals surface area contributed by atoms with E-state index in [1.165, 1.54) is 23.9 Å². The maximum Gasteiger partial charge on any atom is 0.277 e. The van der Waals surface area contributed by atoms with Crippen molar-refractivity contribution >= 4 is 35.1 Å². The van der Waals surface area contributed by atoms with E-state index in [0.29, 0.717) is 28.5 Å². The van der Waals surface area contributed by atoms with E-state index in [1.807, 2.05) is 23.1 Å². The van der Waals surface area contributed by atoms with Crippen LogP contribution in [-0.4, -0.2) is 33.7 Å². The fourth-order valence-electron chi connectivity index (χ4n) is 2.92. The van der Waals surface area contributed by atoms with Crippen LogP contribution in [0.3, 0.4) is 0 Å². The SMILES string of the molecule is C[C@H]1CCN(C(=O)CSc2nnc(-c3ccc(F)cc3)o2)c2ccccc2S1. The first kappa shape index (κ1) is 19.0. The van der Waals surface area contributed by atoms with Gasteiger partial charge in [0.05, 0.1) is 11.4 Å². The Balaban J connectivity index is 1.44. The van der Waals surface area contributed by atoms with Gasteiger partial charge in [-0.05, 0) is 42.8 Å². The summed E-state index contributed by atoms with van der Waals surface area (Å²) < 4.78 is 18.6. The summed E-state index contributed by atoms with van der Waals surface area (Å²) in [6, 6.07) is 13.8. The topological polar surface area (TPSA) is 59.2 Å². The highest BCUT2D eigenvalue weighted by atomic mass is 32.2. The first-order chi connectivity index (χ1) is 13.6. The fraction of sp³-hybridized carbons (Fsp3) is 0.250. The Hall–Kier alpha value is -2.32. The zero-order valence-electron chi connectivity index (χ0n) is 15.2. The zero-order valence-corrected chi connectivity index (χ0v) is 16.8. The number of carbonyl (C=O) groups excluding carboxylic acids is 1. The molecule has 0 unspecified atom stereocenters. The van der Waals surface area contributed by atoms with Crippen LogP contribution in [0.4, 0.5) is 10.1 Å². The molecule has 144 valence electrons. The van der Waals surface area contributed by atoms with Gasteiger partial charge in [0.1, 0.15) is 5.82 Å². The molecule has 1 aliphatic rings. The van der Waals surface area contributed by atoms with Crippen LogP contribution in [0, 0.1) is 5.82 Å². The van der Waals surface area contributed by atoms with Crippen LogP contribution in [0.5, 0.6) is 0 Å². The van der Waals surface area contributed by atoms with E-state index >= 15 is 0 Å². The lowest BCUT2D eigenvalue weighted by atomic mass is 10.2. The predicted molar refractivity (Wildman–Crippen MR) is 109 cm³/mol. The number of para-hydroxylation sites is 1. The molecule has 0 N–H and O–H groups in total. The van der Waals surface area contributed by atoms with Crippen LogP contribution in [0.15, 0.2) is 63.1 Å². The van der Waals surface area contributed by atoms with Crippen LogP contribution in [0.25, 0.3) is 11.5 Å². The van der Waals surface area contributed by atoms with Gasteiger partial charge in [-0.15, -0.1) is 22.0 Å². The molecule has 1 aromatic heterocycles. The van der Waals surface area contributed by atoms with Crippen LogP contribution >= 0.6 is 23.5 Å². The average molecular weight is 416 g/mol. The number of benzene rings is 2. The molecule has 5 nitrogen and oxygen atoms in total. The summed E-state index contributed by atoms with van der Waals surface area (Å²) in [4.78, 5) is 15.8. The van der Waals surface area contributed by atoms with Crippen molar-refractivity contribution in [1.82, 2.24) is 10.2 Å². The Morgan fingerprint density at radius 3 is 2.86 bits per heavy atom. The van der Waals surface area contributed by atoms with E-state index in [0.717, 1.165) is 17.0 Å². The van der Waals surface area contributed by atoms with Gasteiger partial charge in [-0.25, -0.2) is 4.39 Å². The van der Waals surface area contributed by atoms with Crippen molar-refractivity contribution < 1.29 is 13.6 Å². The van der Waals surface area contributed by atoms with E-state index in [9.17, 15) is 9.18 Å². The number of halogens is 1. The zero-order chi connectivity index (χ0) is 19.5. The molecular formula is C20H18FN3O2S2. The third-order valence-corrected chi connectivity index (χ3v) is 6.40. The highest BCUT2D eigenvalue weighted by Gasteiger charge is 2.24. The minimum Gasteiger partial charge on any atom is -0.411 e. The summed E-state index contributed by atoms with van der Waals surface area (Å²) in [7, 11) is 0. The van der Waals surface area contributed by atoms with Gasteiger partial charge in [0.25, 0.3) is 5.22 Å². The molecule has 0 fully saturated rings. The van der Waals surface area contributed by atoms with Crippen molar-refractivity contribution in [2.75, 3.05) is 17.2 Å². The van der Waals surface area contributed by atoms with E-state index < -0.39 is 0 Å². The number of hydrogen-bond acceptors (Lipinski definition) is 6. The molecule has 2 heterocycles. The molecule has 4 rings (SSSR count). The van der Waals surface area contributed by atoms with Crippen LogP contribution in [0.2, 0.25) is 0 Å². The highest BCUT2D eigenvalue weighted by Crippen LogP contribution is 2.37. The molecule has 1 atom stereocenters. The van der Waals surface area contributed by atoms with Gasteiger partial charge < -0.3 is 9.32 Å². The molecule has 2 aromatic carbocycles. The van der Waals surface area contributed by atoms with Crippen LogP contribution < -0.4 is 4.90 Å². The van der Waals surface area contributed by atoms with E-state index in [2.05, 4.69) is 23.2 Å². The van der Waals surface area contributed by atoms with Crippen molar-refractivity contribution in [3.05, 3.63) is 54.3 Å². The van der Waals surface area contributed by atoms with Gasteiger partial charge in [-0.1, -0.05) is 30.8 Å². The summed E-state index contributed by atoms with van der Waals surface area (Å²) in [5, 5.41) is 8.74. The number of fused-ring (bicyclic) bond motifs is 1. The second-order valence-corrected chi connectivity index (χ2v) is 8.81. The molecule has 28 heavy (non-hydrogen) atoms. The summed E-state index contributed by atoms with van der Waals surface area (Å²) >= 11 is 3.01. The highest BCUT2D eigenvalue weighted by molar-refractivity contribution is 8.00. The summed E-state index contributed by atoms with van der Waals surface area (Å²) in [6.45, 7) is 2.87. The third kappa shape index (κ3) is 4.23. The van der Waals surface area contributed by atoms with E-state index in [-0.39, 0.29) is 17.5 Å². The molecular weight excluding hydrogens is 397 g/mol. The normalized spacial score (nSPS) is 16.5. The molecule has 3 aromatic rings. The monoisotopic (exact) mass is 415 g/mol. The van der Waals surface area contributed by atoms with Gasteiger partial charge in [0.2, 0.25) is 11.8 Å². The molecule has 0 spiro atoms. The van der Waals surface area contributed by atoms with Crippen LogP contribution in [-0.2, 0) is 4.79 Å². The number of nitrogens with zero attached hydrogens (tertiary/aromatic N) is 3. The number of amides is 1. The molecule has 8 heteroatoms. The minimum atomic E-state index is -0.325. The first-order valence-corrected chi connectivity index (χ1v) is 10.7. The Kier molecular flexibility index (Phi) is 5.68. The number of rotatable bonds is 4. The summed E-state index contributed by atoms with van der Waals surface area (Å²) in [5.74, 6) is 0.195. The average Bonchev–Trinajstić information content (AvgIpc) is 3.10. The molecule has 1 amide bonds. The third-order valence-electron chi connectivity index (χ3n) is 4.36. The second-order valence-electron chi connectivity index (χ2n) is 6.40. The van der Waals surface area contributed by atoms with Gasteiger partial charge >= 0.3 is 0 Å². The van der Waals surface area contributed by atoms with Crippen molar-refractivity contribution in [2.24, 2.45) is 0 Å². The lowest BCUT2D eigenvalue weighted by Crippen LogP contribution is -2.33. The Morgan fingerprint density at radius 1 is 1.25 bits per heavy atom. The quantitative estimate of drug-likeness (QED) is 0.566. The number of thioether (sulfide) groups is 2. The first-order valence-electron chi connectivity index (χ1n) is 8.88. The molecule has 1 aliphatic heterocycles. The van der Waals surface area contributed by atoms with Gasteiger partial charge in [-0.3, -0.25) is 4.79 Å². The molecule has 0 saturated carbocycles. The van der Waals surface area contributed by atoms with Crippen molar-refractivity contribution in [3.63, 3.8) is 0 Å².